The Morgan fingerprint density at radius 1 is 1.19 bits per heavy atom. The number of benzene rings is 1. The average Bonchev–Trinajstić information content (AvgIpc) is 2.58. The molecule has 0 atom stereocenters. The summed E-state index contributed by atoms with van der Waals surface area (Å²) in [6, 6.07) is 4.41. The Balaban J connectivity index is 2.28. The molecule has 0 N–H and O–H groups in total. The van der Waals surface area contributed by atoms with Crippen LogP contribution in [0.5, 0.6) is 5.75 Å². The van der Waals surface area contributed by atoms with Crippen LogP contribution in [0.4, 0.5) is 4.39 Å². The predicted molar refractivity (Wildman–Crippen MR) is 82.4 cm³/mol. The van der Waals surface area contributed by atoms with Gasteiger partial charge in [0.25, 0.3) is 0 Å². The number of allylic oxidation sites excluding steroid dienone is 1. The molecular weight excluding hydrogens is 270 g/mol. The van der Waals surface area contributed by atoms with E-state index in [4.69, 9.17) is 14.0 Å². The van der Waals surface area contributed by atoms with Gasteiger partial charge in [-0.3, -0.25) is 0 Å². The average molecular weight is 292 g/mol. The molecule has 0 bridgehead atoms. The van der Waals surface area contributed by atoms with Gasteiger partial charge in [-0.05, 0) is 40.7 Å². The zero-order chi connectivity index (χ0) is 15.7. The van der Waals surface area contributed by atoms with Crippen LogP contribution in [0.25, 0.3) is 0 Å². The molecule has 0 saturated carbocycles. The van der Waals surface area contributed by atoms with Gasteiger partial charge < -0.3 is 14.0 Å². The summed E-state index contributed by atoms with van der Waals surface area (Å²) in [5.41, 5.74) is -0.168. The van der Waals surface area contributed by atoms with E-state index in [9.17, 15) is 4.39 Å². The van der Waals surface area contributed by atoms with Gasteiger partial charge in [0.2, 0.25) is 0 Å². The standard InChI is InChI=1S/C16H22BFO3/c1-6-7-10-19-14-11-12(18)8-9-13(14)17-20-15(2,3)16(4,5)21-17/h6-9,11H,10H2,1-5H3/b7-6+. The molecule has 21 heavy (non-hydrogen) atoms. The molecule has 0 amide bonds. The van der Waals surface area contributed by atoms with Crippen LogP contribution in [-0.4, -0.2) is 24.9 Å². The first-order chi connectivity index (χ1) is 9.77. The number of halogens is 1. The lowest BCUT2D eigenvalue weighted by atomic mass is 9.78. The van der Waals surface area contributed by atoms with Crippen LogP contribution in [0.3, 0.4) is 0 Å². The van der Waals surface area contributed by atoms with E-state index in [1.807, 2.05) is 46.8 Å². The Labute approximate surface area is 126 Å². The van der Waals surface area contributed by atoms with Gasteiger partial charge in [0, 0.05) is 11.5 Å². The van der Waals surface area contributed by atoms with Crippen molar-refractivity contribution in [3.63, 3.8) is 0 Å². The maximum Gasteiger partial charge on any atom is 0.498 e. The van der Waals surface area contributed by atoms with E-state index in [2.05, 4.69) is 0 Å². The van der Waals surface area contributed by atoms with E-state index in [0.717, 1.165) is 0 Å². The van der Waals surface area contributed by atoms with Gasteiger partial charge in [-0.25, -0.2) is 4.39 Å². The van der Waals surface area contributed by atoms with Gasteiger partial charge in [-0.1, -0.05) is 18.2 Å². The highest BCUT2D eigenvalue weighted by molar-refractivity contribution is 6.63. The Morgan fingerprint density at radius 3 is 2.38 bits per heavy atom. The second-order valence-electron chi connectivity index (χ2n) is 6.15. The highest BCUT2D eigenvalue weighted by Gasteiger charge is 2.52. The first kappa shape index (κ1) is 16.1. The minimum atomic E-state index is -0.559. The molecule has 0 spiro atoms. The molecule has 1 aliphatic rings. The highest BCUT2D eigenvalue weighted by atomic mass is 19.1. The van der Waals surface area contributed by atoms with Crippen molar-refractivity contribution < 1.29 is 18.4 Å². The van der Waals surface area contributed by atoms with Crippen molar-refractivity contribution in [2.24, 2.45) is 0 Å². The fourth-order valence-electron chi connectivity index (χ4n) is 2.03. The third-order valence-electron chi connectivity index (χ3n) is 4.05. The maximum atomic E-state index is 13.5. The number of ether oxygens (including phenoxy) is 1. The monoisotopic (exact) mass is 292 g/mol. The van der Waals surface area contributed by atoms with Crippen molar-refractivity contribution >= 4 is 12.6 Å². The lowest BCUT2D eigenvalue weighted by Gasteiger charge is -2.32. The molecule has 1 heterocycles. The van der Waals surface area contributed by atoms with Crippen molar-refractivity contribution in [1.29, 1.82) is 0 Å². The van der Waals surface area contributed by atoms with Gasteiger partial charge in [0.15, 0.2) is 0 Å². The van der Waals surface area contributed by atoms with E-state index >= 15 is 0 Å². The van der Waals surface area contributed by atoms with E-state index in [1.165, 1.54) is 12.1 Å². The van der Waals surface area contributed by atoms with Gasteiger partial charge in [-0.15, -0.1) is 0 Å². The van der Waals surface area contributed by atoms with Crippen LogP contribution in [0.2, 0.25) is 0 Å². The summed E-state index contributed by atoms with van der Waals surface area (Å²) in [4.78, 5) is 0. The van der Waals surface area contributed by atoms with Crippen LogP contribution in [0, 0.1) is 5.82 Å². The molecular formula is C16H22BFO3. The second-order valence-corrected chi connectivity index (χ2v) is 6.15. The molecule has 114 valence electrons. The number of rotatable bonds is 4. The lowest BCUT2D eigenvalue weighted by Crippen LogP contribution is -2.41. The summed E-state index contributed by atoms with van der Waals surface area (Å²) in [5.74, 6) is 0.109. The number of hydrogen-bond donors (Lipinski definition) is 0. The Kier molecular flexibility index (Phi) is 4.44. The van der Waals surface area contributed by atoms with E-state index in [0.29, 0.717) is 17.8 Å². The van der Waals surface area contributed by atoms with Crippen LogP contribution in [0.15, 0.2) is 30.4 Å². The van der Waals surface area contributed by atoms with E-state index < -0.39 is 18.3 Å². The molecule has 1 saturated heterocycles. The van der Waals surface area contributed by atoms with Crippen LogP contribution >= 0.6 is 0 Å². The summed E-state index contributed by atoms with van der Waals surface area (Å²) in [5, 5.41) is 0. The summed E-state index contributed by atoms with van der Waals surface area (Å²) in [6.45, 7) is 10.2. The highest BCUT2D eigenvalue weighted by Crippen LogP contribution is 2.37. The van der Waals surface area contributed by atoms with Crippen molar-refractivity contribution in [2.45, 2.75) is 45.8 Å². The molecule has 1 aromatic carbocycles. The van der Waals surface area contributed by atoms with Gasteiger partial charge in [-0.2, -0.15) is 0 Å². The molecule has 0 radical (unpaired) electrons. The normalized spacial score (nSPS) is 20.2. The van der Waals surface area contributed by atoms with Crippen LogP contribution in [0.1, 0.15) is 34.6 Å². The molecule has 1 aromatic rings. The SMILES string of the molecule is C/C=C/COc1cc(F)ccc1B1OC(C)(C)C(C)(C)O1. The summed E-state index contributed by atoms with van der Waals surface area (Å²) in [6.07, 6.45) is 3.74. The number of hydrogen-bond acceptors (Lipinski definition) is 3. The van der Waals surface area contributed by atoms with Crippen LogP contribution in [-0.2, 0) is 9.31 Å². The molecule has 3 nitrogen and oxygen atoms in total. The summed E-state index contributed by atoms with van der Waals surface area (Å²) < 4.78 is 31.1. The van der Waals surface area contributed by atoms with Gasteiger partial charge >= 0.3 is 7.12 Å². The maximum absolute atomic E-state index is 13.5. The first-order valence-electron chi connectivity index (χ1n) is 7.16. The first-order valence-corrected chi connectivity index (χ1v) is 7.16. The smallest absolute Gasteiger partial charge is 0.490 e. The van der Waals surface area contributed by atoms with Crippen LogP contribution < -0.4 is 10.2 Å². The molecule has 1 fully saturated rings. The van der Waals surface area contributed by atoms with Gasteiger partial charge in [0.1, 0.15) is 18.2 Å². The largest absolute Gasteiger partial charge is 0.498 e. The minimum absolute atomic E-state index is 0.342. The zero-order valence-corrected chi connectivity index (χ0v) is 13.3. The van der Waals surface area contributed by atoms with Gasteiger partial charge in [0.05, 0.1) is 11.2 Å². The third-order valence-corrected chi connectivity index (χ3v) is 4.05. The third kappa shape index (κ3) is 3.30. The summed E-state index contributed by atoms with van der Waals surface area (Å²) >= 11 is 0. The van der Waals surface area contributed by atoms with E-state index in [-0.39, 0.29) is 5.82 Å². The molecule has 0 unspecified atom stereocenters. The second kappa shape index (κ2) is 5.81. The minimum Gasteiger partial charge on any atom is -0.490 e. The Hall–Kier alpha value is -1.33. The fourth-order valence-corrected chi connectivity index (χ4v) is 2.03. The van der Waals surface area contributed by atoms with Crippen molar-refractivity contribution in [2.75, 3.05) is 6.61 Å². The van der Waals surface area contributed by atoms with Crippen molar-refractivity contribution in [3.8, 4) is 5.75 Å². The topological polar surface area (TPSA) is 27.7 Å². The lowest BCUT2D eigenvalue weighted by molar-refractivity contribution is 0.00578. The van der Waals surface area contributed by atoms with Crippen molar-refractivity contribution in [3.05, 3.63) is 36.2 Å². The molecule has 0 aliphatic carbocycles. The molecule has 1 aliphatic heterocycles. The van der Waals surface area contributed by atoms with Crippen molar-refractivity contribution in [1.82, 2.24) is 0 Å². The Morgan fingerprint density at radius 2 is 1.81 bits per heavy atom. The predicted octanol–water partition coefficient (Wildman–Crippen LogP) is 3.08. The van der Waals surface area contributed by atoms with E-state index in [1.54, 1.807) is 6.07 Å². The molecule has 5 heteroatoms. The Bertz CT molecular complexity index is 524. The molecule has 2 rings (SSSR count). The summed E-state index contributed by atoms with van der Waals surface area (Å²) in [7, 11) is -0.559. The zero-order valence-electron chi connectivity index (χ0n) is 13.3. The quantitative estimate of drug-likeness (QED) is 0.630. The fraction of sp³-hybridized carbons (Fsp3) is 0.500. The molecule has 0 aromatic heterocycles.